The van der Waals surface area contributed by atoms with Crippen LogP contribution in [0.15, 0.2) is 53.0 Å². The van der Waals surface area contributed by atoms with Gasteiger partial charge in [-0.3, -0.25) is 0 Å². The quantitative estimate of drug-likeness (QED) is 0.835. The van der Waals surface area contributed by atoms with Gasteiger partial charge in [-0.2, -0.15) is 0 Å². The third-order valence-corrected chi connectivity index (χ3v) is 4.01. The number of rotatable bonds is 3. The standard InChI is InChI=1S/C16H15BrO2/c17-14-6-2-4-8-16(14)19-11-12-9-10-18-15-7-3-1-5-13(12)15/h1-8,12H,9-11H2. The van der Waals surface area contributed by atoms with Crippen molar-refractivity contribution in [1.29, 1.82) is 0 Å². The van der Waals surface area contributed by atoms with Crippen molar-refractivity contribution in [3.8, 4) is 11.5 Å². The lowest BCUT2D eigenvalue weighted by atomic mass is 9.94. The minimum atomic E-state index is 0.400. The molecule has 0 aromatic heterocycles. The van der Waals surface area contributed by atoms with Crippen molar-refractivity contribution in [3.05, 3.63) is 58.6 Å². The highest BCUT2D eigenvalue weighted by Gasteiger charge is 2.21. The van der Waals surface area contributed by atoms with Gasteiger partial charge in [-0.05, 0) is 40.5 Å². The van der Waals surface area contributed by atoms with Crippen LogP contribution in [-0.2, 0) is 0 Å². The first-order valence-electron chi connectivity index (χ1n) is 6.43. The molecule has 0 saturated carbocycles. The minimum absolute atomic E-state index is 0.400. The van der Waals surface area contributed by atoms with Gasteiger partial charge in [0.2, 0.25) is 0 Å². The molecule has 0 spiro atoms. The van der Waals surface area contributed by atoms with E-state index in [9.17, 15) is 0 Å². The number of halogens is 1. The predicted molar refractivity (Wildman–Crippen MR) is 78.9 cm³/mol. The lowest BCUT2D eigenvalue weighted by molar-refractivity contribution is 0.217. The first-order chi connectivity index (χ1) is 9.34. The van der Waals surface area contributed by atoms with Crippen LogP contribution in [0.3, 0.4) is 0 Å². The van der Waals surface area contributed by atoms with Crippen LogP contribution in [0.4, 0.5) is 0 Å². The molecule has 1 aliphatic rings. The molecule has 1 heterocycles. The maximum absolute atomic E-state index is 5.93. The molecular weight excluding hydrogens is 304 g/mol. The fourth-order valence-corrected chi connectivity index (χ4v) is 2.74. The van der Waals surface area contributed by atoms with Gasteiger partial charge in [-0.25, -0.2) is 0 Å². The zero-order valence-corrected chi connectivity index (χ0v) is 12.1. The molecule has 0 aliphatic carbocycles. The fraction of sp³-hybridized carbons (Fsp3) is 0.250. The monoisotopic (exact) mass is 318 g/mol. The lowest BCUT2D eigenvalue weighted by Gasteiger charge is -2.26. The Bertz CT molecular complexity index is 568. The number of hydrogen-bond donors (Lipinski definition) is 0. The molecule has 0 bridgehead atoms. The van der Waals surface area contributed by atoms with E-state index >= 15 is 0 Å². The van der Waals surface area contributed by atoms with E-state index < -0.39 is 0 Å². The Morgan fingerprint density at radius 2 is 1.89 bits per heavy atom. The van der Waals surface area contributed by atoms with E-state index in [1.807, 2.05) is 36.4 Å². The van der Waals surface area contributed by atoms with Crippen molar-refractivity contribution in [2.45, 2.75) is 12.3 Å². The van der Waals surface area contributed by atoms with Gasteiger partial charge in [0, 0.05) is 11.5 Å². The summed E-state index contributed by atoms with van der Waals surface area (Å²) in [5, 5.41) is 0. The van der Waals surface area contributed by atoms with Crippen molar-refractivity contribution in [3.63, 3.8) is 0 Å². The molecule has 0 N–H and O–H groups in total. The molecule has 3 heteroatoms. The SMILES string of the molecule is Brc1ccccc1OCC1CCOc2ccccc21. The van der Waals surface area contributed by atoms with Crippen molar-refractivity contribution in [2.24, 2.45) is 0 Å². The van der Waals surface area contributed by atoms with Gasteiger partial charge in [-0.1, -0.05) is 30.3 Å². The highest BCUT2D eigenvalue weighted by atomic mass is 79.9. The first kappa shape index (κ1) is 12.5. The summed E-state index contributed by atoms with van der Waals surface area (Å²) < 4.78 is 12.6. The second-order valence-corrected chi connectivity index (χ2v) is 5.47. The summed E-state index contributed by atoms with van der Waals surface area (Å²) in [6.45, 7) is 1.45. The Morgan fingerprint density at radius 1 is 1.11 bits per heavy atom. The molecule has 2 aromatic rings. The van der Waals surface area contributed by atoms with E-state index in [0.717, 1.165) is 29.0 Å². The van der Waals surface area contributed by atoms with Crippen LogP contribution in [-0.4, -0.2) is 13.2 Å². The van der Waals surface area contributed by atoms with Gasteiger partial charge in [-0.15, -0.1) is 0 Å². The van der Waals surface area contributed by atoms with Crippen molar-refractivity contribution < 1.29 is 9.47 Å². The highest BCUT2D eigenvalue weighted by Crippen LogP contribution is 2.34. The summed E-state index contributed by atoms with van der Waals surface area (Å²) in [4.78, 5) is 0. The molecule has 2 nitrogen and oxygen atoms in total. The number of ether oxygens (including phenoxy) is 2. The van der Waals surface area contributed by atoms with E-state index in [-0.39, 0.29) is 0 Å². The summed E-state index contributed by atoms with van der Waals surface area (Å²) in [5.41, 5.74) is 1.25. The maximum atomic E-state index is 5.93. The minimum Gasteiger partial charge on any atom is -0.493 e. The number of hydrogen-bond acceptors (Lipinski definition) is 2. The van der Waals surface area contributed by atoms with E-state index in [0.29, 0.717) is 12.5 Å². The molecule has 1 aliphatic heterocycles. The third-order valence-electron chi connectivity index (χ3n) is 3.36. The van der Waals surface area contributed by atoms with Crippen molar-refractivity contribution in [1.82, 2.24) is 0 Å². The molecule has 1 atom stereocenters. The van der Waals surface area contributed by atoms with Crippen LogP contribution < -0.4 is 9.47 Å². The van der Waals surface area contributed by atoms with Crippen LogP contribution in [0.2, 0.25) is 0 Å². The summed E-state index contributed by atoms with van der Waals surface area (Å²) in [7, 11) is 0. The zero-order chi connectivity index (χ0) is 13.1. The smallest absolute Gasteiger partial charge is 0.133 e. The predicted octanol–water partition coefficient (Wildman–Crippen LogP) is 4.39. The molecule has 0 amide bonds. The summed E-state index contributed by atoms with van der Waals surface area (Å²) in [6.07, 6.45) is 1.00. The molecule has 3 rings (SSSR count). The van der Waals surface area contributed by atoms with Crippen molar-refractivity contribution >= 4 is 15.9 Å². The average molecular weight is 319 g/mol. The van der Waals surface area contributed by atoms with Crippen LogP contribution in [0.1, 0.15) is 17.9 Å². The van der Waals surface area contributed by atoms with Crippen LogP contribution in [0.5, 0.6) is 11.5 Å². The Kier molecular flexibility index (Phi) is 3.74. The highest BCUT2D eigenvalue weighted by molar-refractivity contribution is 9.10. The normalized spacial score (nSPS) is 17.4. The Balaban J connectivity index is 1.73. The van der Waals surface area contributed by atoms with Gasteiger partial charge in [0.25, 0.3) is 0 Å². The van der Waals surface area contributed by atoms with E-state index in [4.69, 9.17) is 9.47 Å². The first-order valence-corrected chi connectivity index (χ1v) is 7.23. The van der Waals surface area contributed by atoms with Crippen LogP contribution >= 0.6 is 15.9 Å². The Morgan fingerprint density at radius 3 is 2.79 bits per heavy atom. The second kappa shape index (κ2) is 5.66. The topological polar surface area (TPSA) is 18.5 Å². The molecule has 2 aromatic carbocycles. The molecule has 98 valence electrons. The van der Waals surface area contributed by atoms with E-state index in [2.05, 4.69) is 28.1 Å². The maximum Gasteiger partial charge on any atom is 0.133 e. The molecule has 0 radical (unpaired) electrons. The van der Waals surface area contributed by atoms with Crippen LogP contribution in [0, 0.1) is 0 Å². The number of para-hydroxylation sites is 2. The zero-order valence-electron chi connectivity index (χ0n) is 10.5. The van der Waals surface area contributed by atoms with E-state index in [1.165, 1.54) is 5.56 Å². The lowest BCUT2D eigenvalue weighted by Crippen LogP contribution is -2.19. The average Bonchev–Trinajstić information content (AvgIpc) is 2.46. The second-order valence-electron chi connectivity index (χ2n) is 4.61. The molecule has 1 unspecified atom stereocenters. The molecule has 0 fully saturated rings. The van der Waals surface area contributed by atoms with Gasteiger partial charge >= 0.3 is 0 Å². The van der Waals surface area contributed by atoms with Gasteiger partial charge < -0.3 is 9.47 Å². The van der Waals surface area contributed by atoms with Gasteiger partial charge in [0.15, 0.2) is 0 Å². The summed E-state index contributed by atoms with van der Waals surface area (Å²) >= 11 is 3.50. The fourth-order valence-electron chi connectivity index (χ4n) is 2.34. The summed E-state index contributed by atoms with van der Waals surface area (Å²) in [6, 6.07) is 16.2. The third kappa shape index (κ3) is 2.76. The van der Waals surface area contributed by atoms with Gasteiger partial charge in [0.1, 0.15) is 11.5 Å². The Hall–Kier alpha value is -1.48. The number of fused-ring (bicyclic) bond motifs is 1. The largest absolute Gasteiger partial charge is 0.493 e. The number of benzene rings is 2. The summed E-state index contributed by atoms with van der Waals surface area (Å²) in [5.74, 6) is 2.29. The molecular formula is C16H15BrO2. The van der Waals surface area contributed by atoms with Gasteiger partial charge in [0.05, 0.1) is 17.7 Å². The van der Waals surface area contributed by atoms with E-state index in [1.54, 1.807) is 0 Å². The van der Waals surface area contributed by atoms with Crippen molar-refractivity contribution in [2.75, 3.05) is 13.2 Å². The van der Waals surface area contributed by atoms with Crippen LogP contribution in [0.25, 0.3) is 0 Å². The Labute approximate surface area is 121 Å². The molecule has 19 heavy (non-hydrogen) atoms. The molecule has 0 saturated heterocycles.